The first-order valence-corrected chi connectivity index (χ1v) is 10.5. The maximum absolute atomic E-state index is 11.7. The van der Waals surface area contributed by atoms with Gasteiger partial charge in [-0.25, -0.2) is 0 Å². The molecule has 2 aliphatic heterocycles. The van der Waals surface area contributed by atoms with E-state index >= 15 is 0 Å². The molecule has 0 aliphatic carbocycles. The predicted molar refractivity (Wildman–Crippen MR) is 109 cm³/mol. The number of aromatic nitrogens is 1. The smallest absolute Gasteiger partial charge is 0.219 e. The van der Waals surface area contributed by atoms with Crippen LogP contribution < -0.4 is 16.0 Å². The molecule has 2 aliphatic rings. The maximum atomic E-state index is 11.7. The number of thioether (sulfide) groups is 1. The fourth-order valence-corrected chi connectivity index (χ4v) is 5.46. The number of rotatable bonds is 7. The molecule has 1 amide bonds. The SMILES string of the molecule is CC(=O)NC1(NCCCN2CCOCC2)NC(C)(c2cncs2)CS1.Cl. The van der Waals surface area contributed by atoms with E-state index in [-0.39, 0.29) is 23.9 Å². The van der Waals surface area contributed by atoms with Gasteiger partial charge in [-0.3, -0.25) is 25.3 Å². The van der Waals surface area contributed by atoms with Crippen LogP contribution in [0.1, 0.15) is 25.1 Å². The van der Waals surface area contributed by atoms with Crippen molar-refractivity contribution in [2.45, 2.75) is 30.9 Å². The summed E-state index contributed by atoms with van der Waals surface area (Å²) in [6.07, 6.45) is 2.93. The number of nitrogens with zero attached hydrogens (tertiary/aromatic N) is 2. The zero-order chi connectivity index (χ0) is 17.8. The van der Waals surface area contributed by atoms with Crippen LogP contribution in [-0.2, 0) is 15.1 Å². The van der Waals surface area contributed by atoms with Crippen LogP contribution in [-0.4, -0.2) is 66.1 Å². The summed E-state index contributed by atoms with van der Waals surface area (Å²) in [5.41, 5.74) is 1.65. The zero-order valence-electron chi connectivity index (χ0n) is 15.2. The van der Waals surface area contributed by atoms with E-state index in [1.54, 1.807) is 30.0 Å². The third kappa shape index (κ3) is 5.54. The molecule has 0 aromatic carbocycles. The standard InChI is InChI=1S/C16H27N5O2S2.ClH/c1-13(22)19-16(18-4-3-5-21-6-8-23-9-7-21)20-15(2,11-25-16)14-10-17-12-24-14;/h10,12,18,20H,3-9,11H2,1-2H3,(H,19,22);1H. The Kier molecular flexibility index (Phi) is 8.14. The number of carbonyl (C=O) groups is 1. The van der Waals surface area contributed by atoms with Crippen molar-refractivity contribution in [1.82, 2.24) is 25.8 Å². The quantitative estimate of drug-likeness (QED) is 0.450. The molecule has 2 atom stereocenters. The summed E-state index contributed by atoms with van der Waals surface area (Å²) in [6.45, 7) is 9.26. The van der Waals surface area contributed by atoms with Gasteiger partial charge in [0.1, 0.15) is 0 Å². The van der Waals surface area contributed by atoms with Crippen molar-refractivity contribution in [3.05, 3.63) is 16.6 Å². The van der Waals surface area contributed by atoms with E-state index in [0.29, 0.717) is 0 Å². The van der Waals surface area contributed by atoms with Gasteiger partial charge in [-0.05, 0) is 19.9 Å². The number of nitrogens with one attached hydrogen (secondary N) is 3. The molecule has 10 heteroatoms. The van der Waals surface area contributed by atoms with Crippen molar-refractivity contribution in [2.75, 3.05) is 45.1 Å². The molecule has 2 unspecified atom stereocenters. The summed E-state index contributed by atoms with van der Waals surface area (Å²) in [6, 6.07) is 0. The molecule has 3 rings (SSSR count). The Morgan fingerprint density at radius 2 is 2.23 bits per heavy atom. The fraction of sp³-hybridized carbons (Fsp3) is 0.750. The molecular formula is C16H28ClN5O2S2. The second-order valence-electron chi connectivity index (χ2n) is 6.71. The van der Waals surface area contributed by atoms with Crippen LogP contribution in [0.2, 0.25) is 0 Å². The number of thiazole rings is 1. The number of hydrogen-bond donors (Lipinski definition) is 3. The van der Waals surface area contributed by atoms with Gasteiger partial charge in [-0.2, -0.15) is 0 Å². The first-order valence-electron chi connectivity index (χ1n) is 8.67. The minimum absolute atomic E-state index is 0. The lowest BCUT2D eigenvalue weighted by Gasteiger charge is -2.34. The zero-order valence-corrected chi connectivity index (χ0v) is 17.7. The topological polar surface area (TPSA) is 78.5 Å². The molecule has 2 saturated heterocycles. The predicted octanol–water partition coefficient (Wildman–Crippen LogP) is 1.18. The monoisotopic (exact) mass is 421 g/mol. The third-order valence-corrected chi connectivity index (χ3v) is 7.03. The van der Waals surface area contributed by atoms with Crippen molar-refractivity contribution in [2.24, 2.45) is 0 Å². The summed E-state index contributed by atoms with van der Waals surface area (Å²) in [4.78, 5) is 19.5. The van der Waals surface area contributed by atoms with Crippen molar-refractivity contribution < 1.29 is 9.53 Å². The summed E-state index contributed by atoms with van der Waals surface area (Å²) >= 11 is 3.34. The van der Waals surface area contributed by atoms with Crippen molar-refractivity contribution in [3.63, 3.8) is 0 Å². The molecule has 0 saturated carbocycles. The second kappa shape index (κ2) is 9.68. The second-order valence-corrected chi connectivity index (χ2v) is 8.78. The van der Waals surface area contributed by atoms with E-state index in [1.165, 1.54) is 4.88 Å². The van der Waals surface area contributed by atoms with Crippen molar-refractivity contribution in [3.8, 4) is 0 Å². The largest absolute Gasteiger partial charge is 0.379 e. The van der Waals surface area contributed by atoms with Gasteiger partial charge < -0.3 is 10.1 Å². The number of ether oxygens (including phenoxy) is 1. The summed E-state index contributed by atoms with van der Waals surface area (Å²) < 4.78 is 5.38. The highest BCUT2D eigenvalue weighted by Gasteiger charge is 2.47. The van der Waals surface area contributed by atoms with Crippen molar-refractivity contribution >= 4 is 41.4 Å². The highest BCUT2D eigenvalue weighted by molar-refractivity contribution is 8.00. The average molecular weight is 422 g/mol. The molecule has 148 valence electrons. The minimum Gasteiger partial charge on any atom is -0.379 e. The molecule has 0 spiro atoms. The molecule has 2 fully saturated rings. The molecule has 7 nitrogen and oxygen atoms in total. The summed E-state index contributed by atoms with van der Waals surface area (Å²) in [5.74, 6) is 0.820. The van der Waals surface area contributed by atoms with Gasteiger partial charge in [0.2, 0.25) is 5.91 Å². The first kappa shape index (κ1) is 21.9. The maximum Gasteiger partial charge on any atom is 0.219 e. The van der Waals surface area contributed by atoms with E-state index in [1.807, 2.05) is 11.7 Å². The van der Waals surface area contributed by atoms with Gasteiger partial charge in [0.15, 0.2) is 5.12 Å². The van der Waals surface area contributed by atoms with E-state index in [9.17, 15) is 4.79 Å². The molecule has 3 N–H and O–H groups in total. The molecule has 0 bridgehead atoms. The van der Waals surface area contributed by atoms with Crippen LogP contribution in [0.25, 0.3) is 0 Å². The van der Waals surface area contributed by atoms with Gasteiger partial charge in [-0.15, -0.1) is 23.7 Å². The molecule has 0 radical (unpaired) electrons. The summed E-state index contributed by atoms with van der Waals surface area (Å²) in [7, 11) is 0. The Hall–Kier alpha value is -0.420. The molecule has 1 aromatic rings. The Morgan fingerprint density at radius 1 is 1.46 bits per heavy atom. The van der Waals surface area contributed by atoms with Gasteiger partial charge in [0, 0.05) is 43.4 Å². The average Bonchev–Trinajstić information content (AvgIpc) is 3.22. The fourth-order valence-electron chi connectivity index (χ4n) is 3.18. The van der Waals surface area contributed by atoms with Crippen LogP contribution >= 0.6 is 35.5 Å². The highest BCUT2D eigenvalue weighted by Crippen LogP contribution is 2.39. The van der Waals surface area contributed by atoms with E-state index in [2.05, 4.69) is 32.8 Å². The Bertz CT molecular complexity index is 573. The van der Waals surface area contributed by atoms with Crippen LogP contribution in [0.4, 0.5) is 0 Å². The van der Waals surface area contributed by atoms with Crippen LogP contribution in [0.5, 0.6) is 0 Å². The Labute approximate surface area is 169 Å². The molecule has 1 aromatic heterocycles. The van der Waals surface area contributed by atoms with Gasteiger partial charge in [-0.1, -0.05) is 11.8 Å². The van der Waals surface area contributed by atoms with E-state index in [4.69, 9.17) is 4.74 Å². The molecule has 3 heterocycles. The van der Waals surface area contributed by atoms with Crippen LogP contribution in [0.15, 0.2) is 11.7 Å². The summed E-state index contributed by atoms with van der Waals surface area (Å²) in [5, 5.41) is 9.57. The van der Waals surface area contributed by atoms with E-state index in [0.717, 1.165) is 51.6 Å². The third-order valence-electron chi connectivity index (χ3n) is 4.49. The van der Waals surface area contributed by atoms with E-state index < -0.39 is 5.12 Å². The number of morpholine rings is 1. The van der Waals surface area contributed by atoms with Gasteiger partial charge in [0.05, 0.1) is 24.3 Å². The lowest BCUT2D eigenvalue weighted by Crippen LogP contribution is -2.65. The van der Waals surface area contributed by atoms with Gasteiger partial charge in [0.25, 0.3) is 0 Å². The highest BCUT2D eigenvalue weighted by atomic mass is 35.5. The van der Waals surface area contributed by atoms with Crippen molar-refractivity contribution in [1.29, 1.82) is 0 Å². The lowest BCUT2D eigenvalue weighted by atomic mass is 10.0. The lowest BCUT2D eigenvalue weighted by molar-refractivity contribution is -0.120. The van der Waals surface area contributed by atoms with Crippen LogP contribution in [0.3, 0.4) is 0 Å². The van der Waals surface area contributed by atoms with Gasteiger partial charge >= 0.3 is 0 Å². The first-order chi connectivity index (χ1) is 12.0. The normalized spacial score (nSPS) is 29.3. The Morgan fingerprint density at radius 3 is 2.88 bits per heavy atom. The minimum atomic E-state index is -0.629. The molecular weight excluding hydrogens is 394 g/mol. The van der Waals surface area contributed by atoms with Crippen LogP contribution in [0, 0.1) is 0 Å². The number of halogens is 1. The Balaban J connectivity index is 0.00000243. The number of hydrogen-bond acceptors (Lipinski definition) is 8. The number of carbonyl (C=O) groups excluding carboxylic acids is 1. The molecule has 26 heavy (non-hydrogen) atoms. The number of amides is 1.